The third-order valence-electron chi connectivity index (χ3n) is 2.05. The highest BCUT2D eigenvalue weighted by molar-refractivity contribution is 5.73. The van der Waals surface area contributed by atoms with Crippen molar-refractivity contribution < 1.29 is 0 Å². The van der Waals surface area contributed by atoms with Gasteiger partial charge in [0.05, 0.1) is 6.20 Å². The molecule has 0 saturated heterocycles. The second kappa shape index (κ2) is 2.89. The Hall–Kier alpha value is -2.71. The van der Waals surface area contributed by atoms with E-state index in [1.165, 1.54) is 6.20 Å². The molecule has 9 heteroatoms. The van der Waals surface area contributed by atoms with Crippen molar-refractivity contribution in [3.05, 3.63) is 27.0 Å². The van der Waals surface area contributed by atoms with E-state index in [1.54, 1.807) is 0 Å². The van der Waals surface area contributed by atoms with E-state index in [2.05, 4.69) is 35.3 Å². The highest BCUT2D eigenvalue weighted by Crippen LogP contribution is 2.12. The summed E-state index contributed by atoms with van der Waals surface area (Å²) in [5, 5.41) is 9.77. The number of aromatic nitrogens is 7. The Morgan fingerprint density at radius 3 is 2.75 bits per heavy atom. The van der Waals surface area contributed by atoms with Crippen LogP contribution in [0.15, 0.2) is 15.8 Å². The van der Waals surface area contributed by atoms with E-state index in [1.807, 2.05) is 0 Å². The van der Waals surface area contributed by atoms with Gasteiger partial charge in [-0.15, -0.1) is 5.10 Å². The van der Waals surface area contributed by atoms with E-state index >= 15 is 0 Å². The Kier molecular flexibility index (Phi) is 1.55. The molecule has 3 aromatic rings. The van der Waals surface area contributed by atoms with Crippen LogP contribution in [0.25, 0.3) is 22.7 Å². The maximum Gasteiger partial charge on any atom is 0.327 e. The van der Waals surface area contributed by atoms with Crippen molar-refractivity contribution in [1.82, 2.24) is 35.3 Å². The zero-order chi connectivity index (χ0) is 11.1. The minimum Gasteiger partial charge on any atom is -0.331 e. The molecular weight excluding hydrogens is 214 g/mol. The molecule has 0 fully saturated rings. The lowest BCUT2D eigenvalue weighted by molar-refractivity contribution is 0.940. The molecule has 3 heterocycles. The van der Waals surface area contributed by atoms with E-state index in [0.29, 0.717) is 11.5 Å². The second-order valence-electron chi connectivity index (χ2n) is 3.08. The number of nitrogens with zero attached hydrogens (tertiary/aromatic N) is 3. The van der Waals surface area contributed by atoms with Crippen LogP contribution >= 0.6 is 0 Å². The van der Waals surface area contributed by atoms with Crippen LogP contribution in [0.4, 0.5) is 0 Å². The van der Waals surface area contributed by atoms with Crippen molar-refractivity contribution in [2.75, 3.05) is 0 Å². The average Bonchev–Trinajstić information content (AvgIpc) is 2.82. The number of imidazole rings is 1. The molecule has 16 heavy (non-hydrogen) atoms. The summed E-state index contributed by atoms with van der Waals surface area (Å²) in [6, 6.07) is 0. The molecule has 0 aromatic carbocycles. The van der Waals surface area contributed by atoms with Crippen molar-refractivity contribution in [3.8, 4) is 11.5 Å². The van der Waals surface area contributed by atoms with Gasteiger partial charge in [0.1, 0.15) is 11.2 Å². The number of fused-ring (bicyclic) bond motifs is 1. The summed E-state index contributed by atoms with van der Waals surface area (Å²) in [4.78, 5) is 33.7. The van der Waals surface area contributed by atoms with Crippen LogP contribution in [0.1, 0.15) is 0 Å². The topological polar surface area (TPSA) is 136 Å². The highest BCUT2D eigenvalue weighted by Gasteiger charge is 2.10. The number of H-pyrrole nitrogens is 4. The molecule has 0 spiro atoms. The predicted octanol–water partition coefficient (Wildman–Crippen LogP) is -1.28. The largest absolute Gasteiger partial charge is 0.331 e. The van der Waals surface area contributed by atoms with Gasteiger partial charge in [-0.3, -0.25) is 19.9 Å². The Morgan fingerprint density at radius 1 is 1.12 bits per heavy atom. The Labute approximate surface area is 85.9 Å². The lowest BCUT2D eigenvalue weighted by atomic mass is 10.5. The number of hydrogen-bond acceptors (Lipinski definition) is 5. The number of hydrogen-bond donors (Lipinski definition) is 4. The summed E-state index contributed by atoms with van der Waals surface area (Å²) in [6.45, 7) is 0. The molecule has 9 nitrogen and oxygen atoms in total. The summed E-state index contributed by atoms with van der Waals surface area (Å²) in [7, 11) is 0. The smallest absolute Gasteiger partial charge is 0.327 e. The average molecular weight is 219 g/mol. The summed E-state index contributed by atoms with van der Waals surface area (Å²) >= 11 is 0. The van der Waals surface area contributed by atoms with Gasteiger partial charge >= 0.3 is 5.69 Å². The third-order valence-corrected chi connectivity index (χ3v) is 2.05. The lowest BCUT2D eigenvalue weighted by Crippen LogP contribution is -2.21. The SMILES string of the molecule is O=c1[nH]c(=O)c2[nH]c(-c3c[nH]nn3)nc2[nH]1. The van der Waals surface area contributed by atoms with Gasteiger partial charge in [-0.1, -0.05) is 5.21 Å². The van der Waals surface area contributed by atoms with Crippen LogP contribution in [0.3, 0.4) is 0 Å². The van der Waals surface area contributed by atoms with E-state index in [4.69, 9.17) is 0 Å². The maximum atomic E-state index is 11.4. The molecule has 3 aromatic heterocycles. The maximum absolute atomic E-state index is 11.4. The minimum absolute atomic E-state index is 0.187. The van der Waals surface area contributed by atoms with Crippen LogP contribution < -0.4 is 11.2 Å². The lowest BCUT2D eigenvalue weighted by Gasteiger charge is -1.83. The van der Waals surface area contributed by atoms with Crippen LogP contribution in [-0.2, 0) is 0 Å². The van der Waals surface area contributed by atoms with Gasteiger partial charge in [0.25, 0.3) is 5.56 Å². The van der Waals surface area contributed by atoms with Crippen LogP contribution in [0.2, 0.25) is 0 Å². The fourth-order valence-electron chi connectivity index (χ4n) is 1.37. The molecule has 4 N–H and O–H groups in total. The van der Waals surface area contributed by atoms with E-state index in [9.17, 15) is 9.59 Å². The third kappa shape index (κ3) is 1.15. The Bertz CT molecular complexity index is 747. The van der Waals surface area contributed by atoms with Crippen molar-refractivity contribution >= 4 is 11.2 Å². The first-order chi connectivity index (χ1) is 7.74. The standard InChI is InChI=1S/C7H5N7O2/c15-6-3-5(11-7(16)12-6)10-4(9-3)2-1-8-14-13-2/h1H,(H,8,13,14)(H3,9,10,11,12,15,16). The van der Waals surface area contributed by atoms with E-state index in [0.717, 1.165) is 0 Å². The molecule has 3 rings (SSSR count). The molecule has 0 saturated carbocycles. The Morgan fingerprint density at radius 2 is 2.00 bits per heavy atom. The van der Waals surface area contributed by atoms with Crippen molar-refractivity contribution in [2.24, 2.45) is 0 Å². The highest BCUT2D eigenvalue weighted by atomic mass is 16.2. The first kappa shape index (κ1) is 8.59. The molecule has 80 valence electrons. The van der Waals surface area contributed by atoms with E-state index in [-0.39, 0.29) is 11.2 Å². The van der Waals surface area contributed by atoms with Crippen molar-refractivity contribution in [3.63, 3.8) is 0 Å². The first-order valence-electron chi connectivity index (χ1n) is 4.33. The van der Waals surface area contributed by atoms with Gasteiger partial charge in [0, 0.05) is 0 Å². The van der Waals surface area contributed by atoms with E-state index < -0.39 is 11.2 Å². The van der Waals surface area contributed by atoms with Crippen LogP contribution in [-0.4, -0.2) is 35.3 Å². The van der Waals surface area contributed by atoms with Crippen LogP contribution in [0, 0.1) is 0 Å². The molecular formula is C7H5N7O2. The Balaban J connectivity index is 2.36. The summed E-state index contributed by atoms with van der Waals surface area (Å²) in [5.41, 5.74) is -0.294. The summed E-state index contributed by atoms with van der Waals surface area (Å²) in [5.74, 6) is 0.358. The zero-order valence-corrected chi connectivity index (χ0v) is 7.74. The molecule has 0 amide bonds. The summed E-state index contributed by atoms with van der Waals surface area (Å²) in [6.07, 6.45) is 1.52. The number of nitrogens with one attached hydrogen (secondary N) is 4. The fourth-order valence-corrected chi connectivity index (χ4v) is 1.37. The van der Waals surface area contributed by atoms with Gasteiger partial charge in [0.2, 0.25) is 0 Å². The molecule has 0 aliphatic carbocycles. The summed E-state index contributed by atoms with van der Waals surface area (Å²) < 4.78 is 0. The predicted molar refractivity (Wildman–Crippen MR) is 52.7 cm³/mol. The fraction of sp³-hybridized carbons (Fsp3) is 0. The minimum atomic E-state index is -0.601. The van der Waals surface area contributed by atoms with Gasteiger partial charge in [-0.25, -0.2) is 9.78 Å². The second-order valence-corrected chi connectivity index (χ2v) is 3.08. The monoisotopic (exact) mass is 219 g/mol. The molecule has 0 atom stereocenters. The van der Waals surface area contributed by atoms with Crippen LogP contribution in [0.5, 0.6) is 0 Å². The van der Waals surface area contributed by atoms with Gasteiger partial charge in [-0.2, -0.15) is 0 Å². The zero-order valence-electron chi connectivity index (χ0n) is 7.74. The number of aromatic amines is 4. The number of rotatable bonds is 1. The molecule has 0 bridgehead atoms. The van der Waals surface area contributed by atoms with Gasteiger partial charge in [-0.05, 0) is 0 Å². The van der Waals surface area contributed by atoms with Gasteiger partial charge in [0.15, 0.2) is 11.5 Å². The molecule has 0 unspecified atom stereocenters. The van der Waals surface area contributed by atoms with Crippen molar-refractivity contribution in [2.45, 2.75) is 0 Å². The first-order valence-corrected chi connectivity index (χ1v) is 4.33. The molecule has 0 aliphatic rings. The molecule has 0 radical (unpaired) electrons. The molecule has 0 aliphatic heterocycles. The normalized spacial score (nSPS) is 11.0. The van der Waals surface area contributed by atoms with Gasteiger partial charge < -0.3 is 4.98 Å². The van der Waals surface area contributed by atoms with Crippen molar-refractivity contribution in [1.29, 1.82) is 0 Å². The quantitative estimate of drug-likeness (QED) is 0.404.